The smallest absolute Gasteiger partial charge is 0.393 e. The van der Waals surface area contributed by atoms with Crippen LogP contribution >= 0.6 is 0 Å². The van der Waals surface area contributed by atoms with E-state index in [4.69, 9.17) is 0 Å². The standard InChI is InChI=1S/C14H18F3N3O2/c1-9(21)10-4-6-20(7-5-10)13(22)19-11-2-3-12(18-8-11)14(15,16)17/h2-3,8-10,21H,4-7H2,1H3,(H,19,22). The van der Waals surface area contributed by atoms with Crippen LogP contribution in [0, 0.1) is 5.92 Å². The molecule has 122 valence electrons. The summed E-state index contributed by atoms with van der Waals surface area (Å²) in [5.41, 5.74) is -0.779. The lowest BCUT2D eigenvalue weighted by atomic mass is 9.92. The first-order valence-electron chi connectivity index (χ1n) is 7.04. The van der Waals surface area contributed by atoms with Crippen molar-refractivity contribution in [3.63, 3.8) is 0 Å². The summed E-state index contributed by atoms with van der Waals surface area (Å²) in [5.74, 6) is 0.178. The number of anilines is 1. The second-order valence-electron chi connectivity index (χ2n) is 5.43. The molecule has 1 aromatic heterocycles. The summed E-state index contributed by atoms with van der Waals surface area (Å²) in [4.78, 5) is 16.9. The van der Waals surface area contributed by atoms with E-state index in [9.17, 15) is 23.1 Å². The van der Waals surface area contributed by atoms with Gasteiger partial charge in [-0.25, -0.2) is 9.78 Å². The van der Waals surface area contributed by atoms with Crippen molar-refractivity contribution in [2.45, 2.75) is 32.0 Å². The van der Waals surface area contributed by atoms with Crippen molar-refractivity contribution in [1.29, 1.82) is 0 Å². The lowest BCUT2D eigenvalue weighted by molar-refractivity contribution is -0.141. The molecule has 1 aromatic rings. The second-order valence-corrected chi connectivity index (χ2v) is 5.43. The number of aromatic nitrogens is 1. The molecule has 1 aliphatic rings. The number of aliphatic hydroxyl groups excluding tert-OH is 1. The largest absolute Gasteiger partial charge is 0.433 e. The number of piperidine rings is 1. The van der Waals surface area contributed by atoms with E-state index < -0.39 is 18.0 Å². The van der Waals surface area contributed by atoms with E-state index in [2.05, 4.69) is 10.3 Å². The maximum absolute atomic E-state index is 12.4. The average Bonchev–Trinajstić information content (AvgIpc) is 2.47. The van der Waals surface area contributed by atoms with Crippen LogP contribution in [0.2, 0.25) is 0 Å². The molecule has 2 rings (SSSR count). The van der Waals surface area contributed by atoms with Crippen molar-refractivity contribution >= 4 is 11.7 Å². The van der Waals surface area contributed by atoms with E-state index in [-0.39, 0.29) is 17.6 Å². The predicted octanol–water partition coefficient (Wildman–Crippen LogP) is 2.73. The number of rotatable bonds is 2. The van der Waals surface area contributed by atoms with Crippen LogP contribution < -0.4 is 5.32 Å². The zero-order chi connectivity index (χ0) is 16.3. The molecule has 1 saturated heterocycles. The molecular formula is C14H18F3N3O2. The SMILES string of the molecule is CC(O)C1CCN(C(=O)Nc2ccc(C(F)(F)F)nc2)CC1. The Morgan fingerprint density at radius 1 is 1.41 bits per heavy atom. The number of nitrogens with one attached hydrogen (secondary N) is 1. The molecule has 2 amide bonds. The van der Waals surface area contributed by atoms with Gasteiger partial charge in [-0.2, -0.15) is 13.2 Å². The number of carbonyl (C=O) groups excluding carboxylic acids is 1. The number of hydrogen-bond acceptors (Lipinski definition) is 3. The highest BCUT2D eigenvalue weighted by Gasteiger charge is 2.32. The van der Waals surface area contributed by atoms with Gasteiger partial charge in [-0.15, -0.1) is 0 Å². The second kappa shape index (κ2) is 6.51. The Balaban J connectivity index is 1.90. The Morgan fingerprint density at radius 3 is 2.50 bits per heavy atom. The number of amides is 2. The van der Waals surface area contributed by atoms with Crippen LogP contribution in [0.3, 0.4) is 0 Å². The van der Waals surface area contributed by atoms with Crippen LogP contribution in [0.1, 0.15) is 25.5 Å². The van der Waals surface area contributed by atoms with Crippen LogP contribution in [0.25, 0.3) is 0 Å². The highest BCUT2D eigenvalue weighted by Crippen LogP contribution is 2.28. The van der Waals surface area contributed by atoms with Gasteiger partial charge < -0.3 is 15.3 Å². The van der Waals surface area contributed by atoms with Crippen LogP contribution in [-0.2, 0) is 6.18 Å². The molecule has 0 bridgehead atoms. The monoisotopic (exact) mass is 317 g/mol. The summed E-state index contributed by atoms with van der Waals surface area (Å²) in [6.45, 7) is 2.75. The summed E-state index contributed by atoms with van der Waals surface area (Å²) in [5, 5.41) is 12.0. The van der Waals surface area contributed by atoms with Crippen LogP contribution in [0.15, 0.2) is 18.3 Å². The van der Waals surface area contributed by atoms with Crippen molar-refractivity contribution < 1.29 is 23.1 Å². The third-order valence-electron chi connectivity index (χ3n) is 3.81. The van der Waals surface area contributed by atoms with Crippen molar-refractivity contribution in [2.24, 2.45) is 5.92 Å². The van der Waals surface area contributed by atoms with Crippen LogP contribution in [-0.4, -0.2) is 40.2 Å². The summed E-state index contributed by atoms with van der Waals surface area (Å²) < 4.78 is 37.2. The van der Waals surface area contributed by atoms with E-state index in [1.54, 1.807) is 11.8 Å². The molecule has 5 nitrogen and oxygen atoms in total. The summed E-state index contributed by atoms with van der Waals surface area (Å²) in [7, 11) is 0. The Kier molecular flexibility index (Phi) is 4.90. The lowest BCUT2D eigenvalue weighted by Gasteiger charge is -2.33. The van der Waals surface area contributed by atoms with Gasteiger partial charge in [0.05, 0.1) is 18.0 Å². The number of urea groups is 1. The number of aliphatic hydroxyl groups is 1. The van der Waals surface area contributed by atoms with Crippen LogP contribution in [0.4, 0.5) is 23.7 Å². The first kappa shape index (κ1) is 16.5. The highest BCUT2D eigenvalue weighted by atomic mass is 19.4. The average molecular weight is 317 g/mol. The minimum absolute atomic E-state index is 0.178. The predicted molar refractivity (Wildman–Crippen MR) is 74.2 cm³/mol. The first-order chi connectivity index (χ1) is 10.3. The van der Waals surface area contributed by atoms with Crippen molar-refractivity contribution in [3.8, 4) is 0 Å². The molecule has 1 aliphatic heterocycles. The Bertz CT molecular complexity index is 509. The molecule has 0 saturated carbocycles. The minimum atomic E-state index is -4.49. The molecule has 22 heavy (non-hydrogen) atoms. The molecule has 0 radical (unpaired) electrons. The maximum Gasteiger partial charge on any atom is 0.433 e. The first-order valence-corrected chi connectivity index (χ1v) is 7.04. The van der Waals surface area contributed by atoms with E-state index in [1.807, 2.05) is 0 Å². The van der Waals surface area contributed by atoms with E-state index in [0.717, 1.165) is 12.3 Å². The molecule has 1 fully saturated rings. The van der Waals surface area contributed by atoms with Gasteiger partial charge in [0.25, 0.3) is 0 Å². The molecule has 1 unspecified atom stereocenters. The molecule has 0 aromatic carbocycles. The van der Waals surface area contributed by atoms with Gasteiger partial charge in [0.1, 0.15) is 5.69 Å². The van der Waals surface area contributed by atoms with Crippen molar-refractivity contribution in [1.82, 2.24) is 9.88 Å². The number of carbonyl (C=O) groups is 1. The lowest BCUT2D eigenvalue weighted by Crippen LogP contribution is -2.42. The summed E-state index contributed by atoms with van der Waals surface area (Å²) >= 11 is 0. The van der Waals surface area contributed by atoms with Gasteiger partial charge in [-0.05, 0) is 37.8 Å². The van der Waals surface area contributed by atoms with E-state index >= 15 is 0 Å². The molecular weight excluding hydrogens is 299 g/mol. The van der Waals surface area contributed by atoms with Crippen LogP contribution in [0.5, 0.6) is 0 Å². The maximum atomic E-state index is 12.4. The quantitative estimate of drug-likeness (QED) is 0.881. The fraction of sp³-hybridized carbons (Fsp3) is 0.571. The summed E-state index contributed by atoms with van der Waals surface area (Å²) in [6.07, 6.45) is -2.49. The van der Waals surface area contributed by atoms with E-state index in [0.29, 0.717) is 25.9 Å². The molecule has 8 heteroatoms. The number of pyridine rings is 1. The fourth-order valence-electron chi connectivity index (χ4n) is 2.42. The normalized spacial score (nSPS) is 18.1. The molecule has 2 N–H and O–H groups in total. The zero-order valence-corrected chi connectivity index (χ0v) is 12.1. The number of nitrogens with zero attached hydrogens (tertiary/aromatic N) is 2. The molecule has 0 aliphatic carbocycles. The third-order valence-corrected chi connectivity index (χ3v) is 3.81. The number of likely N-dealkylation sites (tertiary alicyclic amines) is 1. The Hall–Kier alpha value is -1.83. The Morgan fingerprint density at radius 2 is 2.05 bits per heavy atom. The van der Waals surface area contributed by atoms with Gasteiger partial charge in [-0.1, -0.05) is 0 Å². The number of hydrogen-bond donors (Lipinski definition) is 2. The molecule has 2 heterocycles. The third kappa shape index (κ3) is 4.09. The van der Waals surface area contributed by atoms with Crippen molar-refractivity contribution in [2.75, 3.05) is 18.4 Å². The van der Waals surface area contributed by atoms with Gasteiger partial charge in [0.15, 0.2) is 0 Å². The van der Waals surface area contributed by atoms with Crippen molar-refractivity contribution in [3.05, 3.63) is 24.0 Å². The van der Waals surface area contributed by atoms with Gasteiger partial charge >= 0.3 is 12.2 Å². The van der Waals surface area contributed by atoms with Gasteiger partial charge in [-0.3, -0.25) is 0 Å². The highest BCUT2D eigenvalue weighted by molar-refractivity contribution is 5.89. The number of alkyl halides is 3. The molecule has 0 spiro atoms. The number of halogens is 3. The summed E-state index contributed by atoms with van der Waals surface area (Å²) in [6, 6.07) is 1.64. The topological polar surface area (TPSA) is 65.5 Å². The fourth-order valence-corrected chi connectivity index (χ4v) is 2.42. The molecule has 1 atom stereocenters. The zero-order valence-electron chi connectivity index (χ0n) is 12.1. The Labute approximate surface area is 126 Å². The minimum Gasteiger partial charge on any atom is -0.393 e. The van der Waals surface area contributed by atoms with Gasteiger partial charge in [0, 0.05) is 13.1 Å². The van der Waals surface area contributed by atoms with Gasteiger partial charge in [0.2, 0.25) is 0 Å². The van der Waals surface area contributed by atoms with E-state index in [1.165, 1.54) is 6.07 Å².